The Morgan fingerprint density at radius 1 is 1.67 bits per heavy atom. The molecule has 0 aliphatic rings. The van der Waals surface area contributed by atoms with Crippen LogP contribution in [0.3, 0.4) is 0 Å². The highest BCUT2D eigenvalue weighted by molar-refractivity contribution is 5.26. The lowest BCUT2D eigenvalue weighted by Crippen LogP contribution is -1.88. The molecular formula is C6H5N3. The van der Waals surface area contributed by atoms with E-state index in [1.165, 1.54) is 0 Å². The van der Waals surface area contributed by atoms with E-state index in [-0.39, 0.29) is 0 Å². The molecule has 0 spiro atoms. The number of hydrogen-bond donors (Lipinski definition) is 0. The predicted molar refractivity (Wildman–Crippen MR) is 31.5 cm³/mol. The second-order valence-electron chi connectivity index (χ2n) is 1.67. The van der Waals surface area contributed by atoms with E-state index in [2.05, 4.69) is 10.2 Å². The monoisotopic (exact) mass is 119 g/mol. The predicted octanol–water partition coefficient (Wildman–Crippen LogP) is 0.657. The van der Waals surface area contributed by atoms with Crippen LogP contribution < -0.4 is 0 Å². The third-order valence-electron chi connectivity index (χ3n) is 1.03. The molecule has 0 bridgehead atoms. The molecule has 0 aliphatic carbocycles. The minimum absolute atomic E-state index is 0.400. The van der Waals surface area contributed by atoms with E-state index in [9.17, 15) is 0 Å². The lowest BCUT2D eigenvalue weighted by molar-refractivity contribution is 0.991. The van der Waals surface area contributed by atoms with Crippen LogP contribution in [0.2, 0.25) is 0 Å². The van der Waals surface area contributed by atoms with Crippen molar-refractivity contribution in [1.29, 1.82) is 5.26 Å². The van der Waals surface area contributed by atoms with Crippen LogP contribution in [0.1, 0.15) is 11.3 Å². The number of nitriles is 1. The summed E-state index contributed by atoms with van der Waals surface area (Å²) in [4.78, 5) is 0. The Labute approximate surface area is 53.0 Å². The van der Waals surface area contributed by atoms with E-state index < -0.39 is 0 Å². The van der Waals surface area contributed by atoms with Crippen LogP contribution in [0.4, 0.5) is 0 Å². The van der Waals surface area contributed by atoms with Gasteiger partial charge in [-0.15, -0.1) is 5.10 Å². The van der Waals surface area contributed by atoms with Crippen LogP contribution in [0.5, 0.6) is 0 Å². The highest BCUT2D eigenvalue weighted by Crippen LogP contribution is 1.97. The molecule has 1 aromatic rings. The van der Waals surface area contributed by atoms with Gasteiger partial charge in [-0.05, 0) is 18.6 Å². The van der Waals surface area contributed by atoms with Crippen molar-refractivity contribution in [1.82, 2.24) is 10.2 Å². The maximum atomic E-state index is 8.37. The summed E-state index contributed by atoms with van der Waals surface area (Å²) in [6.45, 7) is 1.83. The fourth-order valence-corrected chi connectivity index (χ4v) is 0.505. The molecule has 0 radical (unpaired) electrons. The van der Waals surface area contributed by atoms with Gasteiger partial charge >= 0.3 is 0 Å². The van der Waals surface area contributed by atoms with E-state index in [0.717, 1.165) is 5.56 Å². The second kappa shape index (κ2) is 2.23. The third kappa shape index (κ3) is 1.03. The molecule has 0 aliphatic heterocycles. The van der Waals surface area contributed by atoms with Crippen molar-refractivity contribution in [2.24, 2.45) is 0 Å². The molecule has 9 heavy (non-hydrogen) atoms. The molecular weight excluding hydrogens is 114 g/mol. The van der Waals surface area contributed by atoms with E-state index >= 15 is 0 Å². The Kier molecular flexibility index (Phi) is 1.41. The van der Waals surface area contributed by atoms with E-state index in [1.54, 1.807) is 12.3 Å². The SMILES string of the molecule is Cc1ccnnc1C#N. The Hall–Kier alpha value is -1.43. The smallest absolute Gasteiger partial charge is 0.166 e. The van der Waals surface area contributed by atoms with Crippen molar-refractivity contribution < 1.29 is 0 Å². The van der Waals surface area contributed by atoms with Gasteiger partial charge in [-0.3, -0.25) is 0 Å². The zero-order valence-electron chi connectivity index (χ0n) is 5.00. The quantitative estimate of drug-likeness (QED) is 0.504. The lowest BCUT2D eigenvalue weighted by Gasteiger charge is -1.88. The summed E-state index contributed by atoms with van der Waals surface area (Å²) in [5, 5.41) is 15.5. The van der Waals surface area contributed by atoms with Crippen LogP contribution in [0.15, 0.2) is 12.3 Å². The Morgan fingerprint density at radius 3 is 2.89 bits per heavy atom. The maximum absolute atomic E-state index is 8.37. The number of nitrogens with zero attached hydrogens (tertiary/aromatic N) is 3. The van der Waals surface area contributed by atoms with Crippen LogP contribution in [-0.4, -0.2) is 10.2 Å². The van der Waals surface area contributed by atoms with E-state index in [4.69, 9.17) is 5.26 Å². The molecule has 0 fully saturated rings. The minimum Gasteiger partial charge on any atom is -0.191 e. The first-order valence-corrected chi connectivity index (χ1v) is 2.53. The van der Waals surface area contributed by atoms with Crippen molar-refractivity contribution in [2.75, 3.05) is 0 Å². The van der Waals surface area contributed by atoms with Gasteiger partial charge < -0.3 is 0 Å². The Morgan fingerprint density at radius 2 is 2.44 bits per heavy atom. The van der Waals surface area contributed by atoms with Crippen molar-refractivity contribution in [3.8, 4) is 6.07 Å². The molecule has 0 saturated carbocycles. The third-order valence-corrected chi connectivity index (χ3v) is 1.03. The molecule has 1 heterocycles. The van der Waals surface area contributed by atoms with Gasteiger partial charge in [0.2, 0.25) is 0 Å². The number of rotatable bonds is 0. The first-order valence-electron chi connectivity index (χ1n) is 2.53. The van der Waals surface area contributed by atoms with Gasteiger partial charge in [0.1, 0.15) is 6.07 Å². The van der Waals surface area contributed by atoms with Crippen LogP contribution >= 0.6 is 0 Å². The fourth-order valence-electron chi connectivity index (χ4n) is 0.505. The molecule has 0 N–H and O–H groups in total. The summed E-state index contributed by atoms with van der Waals surface area (Å²) in [7, 11) is 0. The fraction of sp³-hybridized carbons (Fsp3) is 0.167. The van der Waals surface area contributed by atoms with Crippen LogP contribution in [0, 0.1) is 18.3 Å². The molecule has 3 nitrogen and oxygen atoms in total. The van der Waals surface area contributed by atoms with Crippen LogP contribution in [-0.2, 0) is 0 Å². The highest BCUT2D eigenvalue weighted by atomic mass is 15.1. The second-order valence-corrected chi connectivity index (χ2v) is 1.67. The van der Waals surface area contributed by atoms with Gasteiger partial charge in [-0.2, -0.15) is 10.4 Å². The van der Waals surface area contributed by atoms with Crippen molar-refractivity contribution in [3.63, 3.8) is 0 Å². The lowest BCUT2D eigenvalue weighted by atomic mass is 10.2. The molecule has 44 valence electrons. The number of hydrogen-bond acceptors (Lipinski definition) is 3. The zero-order chi connectivity index (χ0) is 6.69. The molecule has 3 heteroatoms. The summed E-state index contributed by atoms with van der Waals surface area (Å²) in [6.07, 6.45) is 1.57. The van der Waals surface area contributed by atoms with Gasteiger partial charge in [-0.25, -0.2) is 0 Å². The molecule has 1 aromatic heterocycles. The number of aromatic nitrogens is 2. The van der Waals surface area contributed by atoms with Crippen LogP contribution in [0.25, 0.3) is 0 Å². The molecule has 0 amide bonds. The summed E-state index contributed by atoms with van der Waals surface area (Å²) >= 11 is 0. The molecule has 0 unspecified atom stereocenters. The van der Waals surface area contributed by atoms with Gasteiger partial charge in [0.15, 0.2) is 5.69 Å². The molecule has 0 saturated heterocycles. The van der Waals surface area contributed by atoms with Gasteiger partial charge in [0.25, 0.3) is 0 Å². The average Bonchev–Trinajstić information content (AvgIpc) is 1.89. The molecule has 0 atom stereocenters. The summed E-state index contributed by atoms with van der Waals surface area (Å²) in [5.74, 6) is 0. The largest absolute Gasteiger partial charge is 0.191 e. The normalized spacial score (nSPS) is 8.44. The number of aryl methyl sites for hydroxylation is 1. The Bertz CT molecular complexity index is 249. The maximum Gasteiger partial charge on any atom is 0.166 e. The summed E-state index contributed by atoms with van der Waals surface area (Å²) in [6, 6.07) is 3.68. The van der Waals surface area contributed by atoms with Crippen molar-refractivity contribution >= 4 is 0 Å². The Balaban J connectivity index is 3.20. The van der Waals surface area contributed by atoms with Crippen molar-refractivity contribution in [2.45, 2.75) is 6.92 Å². The van der Waals surface area contributed by atoms with E-state index in [0.29, 0.717) is 5.69 Å². The summed E-state index contributed by atoms with van der Waals surface area (Å²) < 4.78 is 0. The first kappa shape index (κ1) is 5.70. The highest BCUT2D eigenvalue weighted by Gasteiger charge is 1.93. The average molecular weight is 119 g/mol. The molecule has 0 aromatic carbocycles. The van der Waals surface area contributed by atoms with Gasteiger partial charge in [0.05, 0.1) is 0 Å². The standard InChI is InChI=1S/C6H5N3/c1-5-2-3-8-9-6(5)4-7/h2-3H,1H3. The van der Waals surface area contributed by atoms with Crippen molar-refractivity contribution in [3.05, 3.63) is 23.5 Å². The molecule has 1 rings (SSSR count). The van der Waals surface area contributed by atoms with Gasteiger partial charge in [-0.1, -0.05) is 0 Å². The minimum atomic E-state index is 0.400. The topological polar surface area (TPSA) is 49.6 Å². The first-order chi connectivity index (χ1) is 4.34. The zero-order valence-corrected chi connectivity index (χ0v) is 5.00. The van der Waals surface area contributed by atoms with E-state index in [1.807, 2.05) is 13.0 Å². The summed E-state index contributed by atoms with van der Waals surface area (Å²) in [5.41, 5.74) is 1.27. The van der Waals surface area contributed by atoms with Gasteiger partial charge in [0, 0.05) is 6.20 Å².